The molecule has 0 fully saturated rings. The van der Waals surface area contributed by atoms with E-state index in [1.165, 1.54) is 0 Å². The first-order valence-corrected chi connectivity index (χ1v) is 10.6. The Hall–Kier alpha value is -3.26. The van der Waals surface area contributed by atoms with Gasteiger partial charge in [-0.15, -0.1) is 0 Å². The van der Waals surface area contributed by atoms with Gasteiger partial charge in [-0.05, 0) is 42.7 Å². The first-order valence-electron chi connectivity index (χ1n) is 9.78. The number of nitrogens with zero attached hydrogens (tertiary/aromatic N) is 2. The molecule has 2 aromatic carbocycles. The third-order valence-corrected chi connectivity index (χ3v) is 5.63. The van der Waals surface area contributed by atoms with Gasteiger partial charge in [0, 0.05) is 20.0 Å². The molecule has 0 spiro atoms. The van der Waals surface area contributed by atoms with Gasteiger partial charge < -0.3 is 19.2 Å². The van der Waals surface area contributed by atoms with Gasteiger partial charge in [0.15, 0.2) is 5.58 Å². The van der Waals surface area contributed by atoms with E-state index >= 15 is 0 Å². The van der Waals surface area contributed by atoms with Crippen molar-refractivity contribution in [2.45, 2.75) is 19.3 Å². The van der Waals surface area contributed by atoms with Crippen molar-refractivity contribution in [3.05, 3.63) is 68.6 Å². The maximum Gasteiger partial charge on any atom is 0.307 e. The van der Waals surface area contributed by atoms with Crippen LogP contribution in [-0.4, -0.2) is 35.3 Å². The average Bonchev–Trinajstić information content (AvgIpc) is 3.31. The number of aromatic amines is 1. The van der Waals surface area contributed by atoms with Gasteiger partial charge in [0.05, 0.1) is 11.5 Å². The standard InChI is InChI=1S/C22H23N3O4S/c1-25(21-23-17-6-2-3-7-18(17)29-21)12-4-5-13-28-16-10-8-15(9-11-16)14-19-20(26)24-22(27)30-19/h2-3,6-11,26H,4-5,12-14H2,1H3,(H,24,27). The number of ether oxygens (including phenoxy) is 1. The second kappa shape index (κ2) is 9.04. The van der Waals surface area contributed by atoms with Gasteiger partial charge in [-0.2, -0.15) is 4.98 Å². The van der Waals surface area contributed by atoms with Crippen molar-refractivity contribution < 1.29 is 14.3 Å². The molecule has 156 valence electrons. The maximum atomic E-state index is 11.3. The van der Waals surface area contributed by atoms with Gasteiger partial charge >= 0.3 is 4.87 Å². The summed E-state index contributed by atoms with van der Waals surface area (Å²) >= 11 is 1.03. The molecule has 2 heterocycles. The molecule has 0 radical (unpaired) electrons. The largest absolute Gasteiger partial charge is 0.494 e. The highest BCUT2D eigenvalue weighted by molar-refractivity contribution is 7.09. The molecule has 0 aliphatic heterocycles. The minimum atomic E-state index is -0.246. The van der Waals surface area contributed by atoms with Crippen LogP contribution in [0, 0.1) is 0 Å². The minimum absolute atomic E-state index is 0.0480. The van der Waals surface area contributed by atoms with Crippen LogP contribution in [0.4, 0.5) is 6.01 Å². The topological polar surface area (TPSA) is 91.6 Å². The highest BCUT2D eigenvalue weighted by Gasteiger charge is 2.10. The van der Waals surface area contributed by atoms with Gasteiger partial charge in [0.2, 0.25) is 5.88 Å². The molecule has 2 aromatic heterocycles. The quantitative estimate of drug-likeness (QED) is 0.391. The number of oxazole rings is 1. The van der Waals surface area contributed by atoms with Crippen molar-refractivity contribution in [3.8, 4) is 11.6 Å². The summed E-state index contributed by atoms with van der Waals surface area (Å²) in [4.78, 5) is 20.5. The monoisotopic (exact) mass is 425 g/mol. The summed E-state index contributed by atoms with van der Waals surface area (Å²) in [5.41, 5.74) is 2.67. The number of nitrogens with one attached hydrogen (secondary N) is 1. The predicted octanol–water partition coefficient (Wildman–Crippen LogP) is 4.17. The highest BCUT2D eigenvalue weighted by Crippen LogP contribution is 2.22. The normalized spacial score (nSPS) is 11.1. The molecule has 0 bridgehead atoms. The van der Waals surface area contributed by atoms with Gasteiger partial charge in [-0.25, -0.2) is 0 Å². The smallest absolute Gasteiger partial charge is 0.307 e. The molecule has 0 atom stereocenters. The van der Waals surface area contributed by atoms with Crippen LogP contribution in [0.5, 0.6) is 11.6 Å². The number of unbranched alkanes of at least 4 members (excludes halogenated alkanes) is 1. The molecule has 0 unspecified atom stereocenters. The van der Waals surface area contributed by atoms with Crippen molar-refractivity contribution in [2.24, 2.45) is 0 Å². The number of aromatic hydroxyl groups is 1. The Labute approximate surface area is 177 Å². The van der Waals surface area contributed by atoms with E-state index in [1.54, 1.807) is 0 Å². The zero-order valence-electron chi connectivity index (χ0n) is 16.6. The first kappa shape index (κ1) is 20.0. The molecule has 30 heavy (non-hydrogen) atoms. The number of benzene rings is 2. The second-order valence-corrected chi connectivity index (χ2v) is 8.12. The lowest BCUT2D eigenvalue weighted by Gasteiger charge is -2.14. The molecule has 0 aliphatic rings. The number of hydrogen-bond donors (Lipinski definition) is 2. The molecular formula is C22H23N3O4S. The molecule has 0 saturated carbocycles. The van der Waals surface area contributed by atoms with E-state index in [0.29, 0.717) is 23.9 Å². The predicted molar refractivity (Wildman–Crippen MR) is 118 cm³/mol. The average molecular weight is 426 g/mol. The Balaban J connectivity index is 1.20. The van der Waals surface area contributed by atoms with E-state index in [2.05, 4.69) is 9.97 Å². The van der Waals surface area contributed by atoms with Crippen LogP contribution < -0.4 is 14.5 Å². The lowest BCUT2D eigenvalue weighted by Crippen LogP contribution is -2.19. The number of rotatable bonds is 9. The molecule has 4 aromatic rings. The van der Waals surface area contributed by atoms with Crippen LogP contribution in [0.2, 0.25) is 0 Å². The van der Waals surface area contributed by atoms with Gasteiger partial charge in [0.25, 0.3) is 6.01 Å². The number of thiazole rings is 1. The zero-order chi connectivity index (χ0) is 20.9. The van der Waals surface area contributed by atoms with E-state index in [4.69, 9.17) is 9.15 Å². The Morgan fingerprint density at radius 2 is 1.97 bits per heavy atom. The molecule has 0 saturated heterocycles. The lowest BCUT2D eigenvalue weighted by molar-refractivity contribution is 0.307. The van der Waals surface area contributed by atoms with Crippen LogP contribution in [-0.2, 0) is 6.42 Å². The fourth-order valence-corrected chi connectivity index (χ4v) is 3.88. The number of H-pyrrole nitrogens is 1. The van der Waals surface area contributed by atoms with Crippen molar-refractivity contribution in [1.82, 2.24) is 9.97 Å². The van der Waals surface area contributed by atoms with Crippen molar-refractivity contribution >= 4 is 28.5 Å². The third kappa shape index (κ3) is 4.83. The summed E-state index contributed by atoms with van der Waals surface area (Å²) in [7, 11) is 1.98. The summed E-state index contributed by atoms with van der Waals surface area (Å²) in [5.74, 6) is 0.755. The molecule has 7 nitrogen and oxygen atoms in total. The highest BCUT2D eigenvalue weighted by atomic mass is 32.1. The van der Waals surface area contributed by atoms with E-state index in [9.17, 15) is 9.90 Å². The Morgan fingerprint density at radius 3 is 2.70 bits per heavy atom. The summed E-state index contributed by atoms with van der Waals surface area (Å²) in [6, 6.07) is 16.1. The van der Waals surface area contributed by atoms with Crippen LogP contribution in [0.25, 0.3) is 11.1 Å². The summed E-state index contributed by atoms with van der Waals surface area (Å²) in [5, 5.41) is 9.68. The Morgan fingerprint density at radius 1 is 1.17 bits per heavy atom. The molecule has 0 amide bonds. The summed E-state index contributed by atoms with van der Waals surface area (Å²) in [6.45, 7) is 1.46. The van der Waals surface area contributed by atoms with Crippen molar-refractivity contribution in [3.63, 3.8) is 0 Å². The Bertz CT molecular complexity index is 1130. The van der Waals surface area contributed by atoms with Gasteiger partial charge in [-0.3, -0.25) is 9.78 Å². The lowest BCUT2D eigenvalue weighted by atomic mass is 10.1. The molecule has 4 rings (SSSR count). The SMILES string of the molecule is CN(CCCCOc1ccc(Cc2sc(=O)[nH]c2O)cc1)c1nc2ccccc2o1. The fourth-order valence-electron chi connectivity index (χ4n) is 3.12. The van der Waals surface area contributed by atoms with E-state index < -0.39 is 0 Å². The van der Waals surface area contributed by atoms with Gasteiger partial charge in [0.1, 0.15) is 11.3 Å². The third-order valence-electron chi connectivity index (χ3n) is 4.75. The van der Waals surface area contributed by atoms with Crippen LogP contribution in [0.3, 0.4) is 0 Å². The molecule has 8 heteroatoms. The number of anilines is 1. The Kier molecular flexibility index (Phi) is 6.04. The number of para-hydroxylation sites is 2. The zero-order valence-corrected chi connectivity index (χ0v) is 17.4. The van der Waals surface area contributed by atoms with Gasteiger partial charge in [-0.1, -0.05) is 35.6 Å². The van der Waals surface area contributed by atoms with Crippen molar-refractivity contribution in [2.75, 3.05) is 25.1 Å². The van der Waals surface area contributed by atoms with Crippen LogP contribution in [0.15, 0.2) is 57.7 Å². The first-order chi connectivity index (χ1) is 14.6. The van der Waals surface area contributed by atoms with E-state index in [-0.39, 0.29) is 10.8 Å². The molecule has 0 aliphatic carbocycles. The van der Waals surface area contributed by atoms with Crippen molar-refractivity contribution in [1.29, 1.82) is 0 Å². The van der Waals surface area contributed by atoms with Crippen LogP contribution in [0.1, 0.15) is 23.3 Å². The summed E-state index contributed by atoms with van der Waals surface area (Å²) < 4.78 is 11.6. The number of fused-ring (bicyclic) bond motifs is 1. The molecular weight excluding hydrogens is 402 g/mol. The number of hydrogen-bond acceptors (Lipinski definition) is 7. The van der Waals surface area contributed by atoms with E-state index in [1.807, 2.05) is 60.5 Å². The fraction of sp³-hybridized carbons (Fsp3) is 0.273. The number of aromatic nitrogens is 2. The minimum Gasteiger partial charge on any atom is -0.494 e. The second-order valence-electron chi connectivity index (χ2n) is 7.05. The van der Waals surface area contributed by atoms with E-state index in [0.717, 1.165) is 53.1 Å². The van der Waals surface area contributed by atoms with Crippen LogP contribution >= 0.6 is 11.3 Å². The maximum absolute atomic E-state index is 11.3. The molecule has 2 N–H and O–H groups in total. The summed E-state index contributed by atoms with van der Waals surface area (Å²) in [6.07, 6.45) is 2.38.